The molecule has 3 rings (SSSR count). The predicted molar refractivity (Wildman–Crippen MR) is 102 cm³/mol. The van der Waals surface area contributed by atoms with Gasteiger partial charge in [0.2, 0.25) is 0 Å². The van der Waals surface area contributed by atoms with Crippen molar-refractivity contribution in [1.29, 1.82) is 5.26 Å². The van der Waals surface area contributed by atoms with Gasteiger partial charge in [-0.25, -0.2) is 4.98 Å². The Labute approximate surface area is 152 Å². The van der Waals surface area contributed by atoms with Crippen LogP contribution in [0.3, 0.4) is 0 Å². The number of anilines is 1. The summed E-state index contributed by atoms with van der Waals surface area (Å²) in [6.07, 6.45) is 0. The van der Waals surface area contributed by atoms with E-state index in [1.54, 1.807) is 0 Å². The standard InChI is InChI=1S/C21H20N4O/c1-14-6-8-16(9-7-14)21(26)24-11-10-23-20-18(13-22)12-17-5-3-4-15(2)19(17)25-20/h3-9,12H,10-11H2,1-2H3,(H,23,25)(H,24,26)/p+1. The van der Waals surface area contributed by atoms with Gasteiger partial charge in [-0.1, -0.05) is 35.9 Å². The molecule has 1 amide bonds. The van der Waals surface area contributed by atoms with Crippen LogP contribution >= 0.6 is 0 Å². The Morgan fingerprint density at radius 3 is 2.62 bits per heavy atom. The highest BCUT2D eigenvalue weighted by Crippen LogP contribution is 2.18. The van der Waals surface area contributed by atoms with E-state index in [2.05, 4.69) is 21.7 Å². The van der Waals surface area contributed by atoms with E-state index in [9.17, 15) is 10.1 Å². The largest absolute Gasteiger partial charge is 0.348 e. The van der Waals surface area contributed by atoms with Crippen LogP contribution in [0, 0.1) is 25.2 Å². The molecular weight excluding hydrogens is 324 g/mol. The maximum atomic E-state index is 12.1. The average Bonchev–Trinajstić information content (AvgIpc) is 2.65. The first kappa shape index (κ1) is 17.4. The number of amides is 1. The molecule has 0 aliphatic rings. The SMILES string of the molecule is Cc1ccc(C(=O)NCCNc2[nH+]c3c(C)cccc3cc2C#N)cc1. The third kappa shape index (κ3) is 3.81. The molecule has 0 atom stereocenters. The Kier molecular flexibility index (Phi) is 5.14. The van der Waals surface area contributed by atoms with Gasteiger partial charge in [0, 0.05) is 10.9 Å². The lowest BCUT2D eigenvalue weighted by atomic mass is 10.1. The Balaban J connectivity index is 1.64. The summed E-state index contributed by atoms with van der Waals surface area (Å²) >= 11 is 0. The highest BCUT2D eigenvalue weighted by molar-refractivity contribution is 5.94. The van der Waals surface area contributed by atoms with Crippen LogP contribution in [0.1, 0.15) is 27.0 Å². The van der Waals surface area contributed by atoms with Gasteiger partial charge < -0.3 is 5.32 Å². The van der Waals surface area contributed by atoms with E-state index in [0.717, 1.165) is 22.0 Å². The van der Waals surface area contributed by atoms with Gasteiger partial charge in [-0.2, -0.15) is 5.26 Å². The number of nitriles is 1. The quantitative estimate of drug-likeness (QED) is 0.698. The highest BCUT2D eigenvalue weighted by Gasteiger charge is 2.13. The fourth-order valence-corrected chi connectivity index (χ4v) is 2.80. The predicted octanol–water partition coefficient (Wildman–Crippen LogP) is 2.98. The molecule has 0 fully saturated rings. The van der Waals surface area contributed by atoms with Gasteiger partial charge in [0.05, 0.1) is 6.54 Å². The summed E-state index contributed by atoms with van der Waals surface area (Å²) in [7, 11) is 0. The lowest BCUT2D eigenvalue weighted by Gasteiger charge is -2.06. The molecule has 0 saturated carbocycles. The van der Waals surface area contributed by atoms with Crippen LogP contribution in [0.15, 0.2) is 48.5 Å². The number of hydrogen-bond donors (Lipinski definition) is 2. The highest BCUT2D eigenvalue weighted by atomic mass is 16.1. The molecule has 1 aromatic heterocycles. The number of H-pyrrole nitrogens is 1. The Morgan fingerprint density at radius 2 is 1.88 bits per heavy atom. The number of rotatable bonds is 5. The number of carbonyl (C=O) groups is 1. The molecule has 26 heavy (non-hydrogen) atoms. The molecule has 0 aliphatic heterocycles. The van der Waals surface area contributed by atoms with Crippen LogP contribution < -0.4 is 15.6 Å². The van der Waals surface area contributed by atoms with Gasteiger partial charge in [0.1, 0.15) is 23.7 Å². The van der Waals surface area contributed by atoms with E-state index >= 15 is 0 Å². The van der Waals surface area contributed by atoms with E-state index in [1.807, 2.05) is 62.4 Å². The number of fused-ring (bicyclic) bond motifs is 1. The number of aromatic amines is 1. The van der Waals surface area contributed by atoms with Crippen molar-refractivity contribution in [2.24, 2.45) is 0 Å². The zero-order valence-electron chi connectivity index (χ0n) is 14.9. The molecule has 0 spiro atoms. The van der Waals surface area contributed by atoms with E-state index in [4.69, 9.17) is 0 Å². The summed E-state index contributed by atoms with van der Waals surface area (Å²) in [5.41, 5.74) is 4.42. The van der Waals surface area contributed by atoms with Crippen molar-refractivity contribution in [2.45, 2.75) is 13.8 Å². The molecule has 0 unspecified atom stereocenters. The van der Waals surface area contributed by atoms with E-state index in [1.165, 1.54) is 0 Å². The summed E-state index contributed by atoms with van der Waals surface area (Å²) in [5.74, 6) is 0.560. The zero-order chi connectivity index (χ0) is 18.5. The normalized spacial score (nSPS) is 10.3. The minimum Gasteiger partial charge on any atom is -0.348 e. The van der Waals surface area contributed by atoms with Gasteiger partial charge in [-0.05, 0) is 37.6 Å². The van der Waals surface area contributed by atoms with Crippen molar-refractivity contribution in [1.82, 2.24) is 5.32 Å². The molecule has 3 N–H and O–H groups in total. The van der Waals surface area contributed by atoms with Crippen molar-refractivity contribution >= 4 is 22.6 Å². The molecule has 0 aliphatic carbocycles. The van der Waals surface area contributed by atoms with Gasteiger partial charge in [-0.3, -0.25) is 10.1 Å². The van der Waals surface area contributed by atoms with Crippen LogP contribution in [0.25, 0.3) is 10.9 Å². The topological polar surface area (TPSA) is 79.1 Å². The minimum absolute atomic E-state index is 0.106. The minimum atomic E-state index is -0.106. The van der Waals surface area contributed by atoms with E-state index < -0.39 is 0 Å². The maximum absolute atomic E-state index is 12.1. The van der Waals surface area contributed by atoms with Crippen molar-refractivity contribution in [3.63, 3.8) is 0 Å². The van der Waals surface area contributed by atoms with E-state index in [0.29, 0.717) is 30.0 Å². The number of nitrogens with zero attached hydrogens (tertiary/aromatic N) is 1. The van der Waals surface area contributed by atoms with Crippen molar-refractivity contribution in [2.75, 3.05) is 18.4 Å². The zero-order valence-corrected chi connectivity index (χ0v) is 14.9. The first-order valence-electron chi connectivity index (χ1n) is 8.53. The molecule has 130 valence electrons. The lowest BCUT2D eigenvalue weighted by molar-refractivity contribution is -0.328. The number of aryl methyl sites for hydroxylation is 2. The molecule has 0 bridgehead atoms. The van der Waals surface area contributed by atoms with Gasteiger partial charge in [0.15, 0.2) is 0 Å². The fourth-order valence-electron chi connectivity index (χ4n) is 2.80. The van der Waals surface area contributed by atoms with Crippen LogP contribution in [-0.4, -0.2) is 19.0 Å². The number of pyridine rings is 1. The van der Waals surface area contributed by atoms with Crippen molar-refractivity contribution in [3.05, 3.63) is 70.8 Å². The third-order valence-electron chi connectivity index (χ3n) is 4.27. The molecule has 1 heterocycles. The summed E-state index contributed by atoms with van der Waals surface area (Å²) in [5, 5.41) is 16.5. The van der Waals surface area contributed by atoms with Crippen LogP contribution in [0.5, 0.6) is 0 Å². The number of aromatic nitrogens is 1. The summed E-state index contributed by atoms with van der Waals surface area (Å²) in [4.78, 5) is 15.4. The Bertz CT molecular complexity index is 987. The van der Waals surface area contributed by atoms with E-state index in [-0.39, 0.29) is 5.91 Å². The number of nitrogens with one attached hydrogen (secondary N) is 3. The Morgan fingerprint density at radius 1 is 1.12 bits per heavy atom. The first-order chi connectivity index (χ1) is 12.6. The summed E-state index contributed by atoms with van der Waals surface area (Å²) < 4.78 is 0. The third-order valence-corrected chi connectivity index (χ3v) is 4.27. The van der Waals surface area contributed by atoms with Crippen molar-refractivity contribution in [3.8, 4) is 6.07 Å². The number of hydrogen-bond acceptors (Lipinski definition) is 3. The first-order valence-corrected chi connectivity index (χ1v) is 8.53. The second-order valence-corrected chi connectivity index (χ2v) is 6.26. The molecule has 5 heteroatoms. The summed E-state index contributed by atoms with van der Waals surface area (Å²) in [6.45, 7) is 4.98. The second-order valence-electron chi connectivity index (χ2n) is 6.26. The van der Waals surface area contributed by atoms with Crippen molar-refractivity contribution < 1.29 is 9.78 Å². The number of benzene rings is 2. The molecular formula is C21H21N4O+. The van der Waals surface area contributed by atoms with Crippen LogP contribution in [0.2, 0.25) is 0 Å². The smallest absolute Gasteiger partial charge is 0.290 e. The molecule has 0 radical (unpaired) electrons. The average molecular weight is 345 g/mol. The molecule has 3 aromatic rings. The molecule has 5 nitrogen and oxygen atoms in total. The molecule has 2 aromatic carbocycles. The van der Waals surface area contributed by atoms with Gasteiger partial charge >= 0.3 is 0 Å². The fraction of sp³-hybridized carbons (Fsp3) is 0.190. The van der Waals surface area contributed by atoms with Crippen LogP contribution in [0.4, 0.5) is 5.82 Å². The number of para-hydroxylation sites is 1. The maximum Gasteiger partial charge on any atom is 0.290 e. The molecule has 0 saturated heterocycles. The van der Waals surface area contributed by atoms with Gasteiger partial charge in [0.25, 0.3) is 11.7 Å². The number of carbonyl (C=O) groups excluding carboxylic acids is 1. The van der Waals surface area contributed by atoms with Crippen LogP contribution in [-0.2, 0) is 0 Å². The monoisotopic (exact) mass is 345 g/mol. The van der Waals surface area contributed by atoms with Gasteiger partial charge in [-0.15, -0.1) is 0 Å². The summed E-state index contributed by atoms with van der Waals surface area (Å²) in [6, 6.07) is 17.5. The second kappa shape index (κ2) is 7.66. The lowest BCUT2D eigenvalue weighted by Crippen LogP contribution is -2.30. The Hall–Kier alpha value is -3.39.